The summed E-state index contributed by atoms with van der Waals surface area (Å²) in [4.78, 5) is 36.6. The molecule has 7 nitrogen and oxygen atoms in total. The van der Waals surface area contributed by atoms with Gasteiger partial charge in [-0.3, -0.25) is 9.59 Å². The molecule has 1 saturated heterocycles. The van der Waals surface area contributed by atoms with Gasteiger partial charge in [0.05, 0.1) is 17.3 Å². The maximum atomic E-state index is 13.9. The van der Waals surface area contributed by atoms with Crippen LogP contribution >= 0.6 is 0 Å². The Morgan fingerprint density at radius 2 is 1.88 bits per heavy atom. The Bertz CT molecular complexity index is 1140. The van der Waals surface area contributed by atoms with Crippen molar-refractivity contribution in [1.82, 2.24) is 14.9 Å². The molecule has 2 heterocycles. The molecule has 2 amide bonds. The molecule has 0 saturated carbocycles. The fourth-order valence-electron chi connectivity index (χ4n) is 3.93. The molecule has 0 spiro atoms. The van der Waals surface area contributed by atoms with E-state index < -0.39 is 11.9 Å². The van der Waals surface area contributed by atoms with Gasteiger partial charge in [-0.05, 0) is 50.5 Å². The van der Waals surface area contributed by atoms with Crippen LogP contribution in [0.4, 0.5) is 10.1 Å². The number of halogens is 1. The minimum absolute atomic E-state index is 0.0280. The number of nitrogens with zero attached hydrogens (tertiary/aromatic N) is 3. The quantitative estimate of drug-likeness (QED) is 0.608. The Morgan fingerprint density at radius 3 is 2.67 bits per heavy atom. The predicted octanol–water partition coefficient (Wildman–Crippen LogP) is 4.31. The lowest BCUT2D eigenvalue weighted by molar-refractivity contribution is -0.137. The van der Waals surface area contributed by atoms with E-state index in [1.807, 2.05) is 18.2 Å². The fourth-order valence-corrected chi connectivity index (χ4v) is 3.93. The van der Waals surface area contributed by atoms with Crippen molar-refractivity contribution in [2.75, 3.05) is 18.5 Å². The van der Waals surface area contributed by atoms with Gasteiger partial charge in [0.2, 0.25) is 0 Å². The minimum atomic E-state index is -0.521. The summed E-state index contributed by atoms with van der Waals surface area (Å²) in [6.07, 6.45) is 3.89. The van der Waals surface area contributed by atoms with Crippen LogP contribution in [-0.2, 0) is 4.79 Å². The monoisotopic (exact) mass is 448 g/mol. The van der Waals surface area contributed by atoms with Gasteiger partial charge >= 0.3 is 0 Å². The number of carbonyl (C=O) groups excluding carboxylic acids is 2. The number of hydrogen-bond acceptors (Lipinski definition) is 5. The SMILES string of the molecule is Cc1ncc(C(=O)Nc2ccccc2)c([C@H]2CCCCN2C(=O)COc2ccccc2F)n1. The molecule has 1 N–H and O–H groups in total. The molecular weight excluding hydrogens is 423 g/mol. The largest absolute Gasteiger partial charge is 0.481 e. The van der Waals surface area contributed by atoms with Crippen LogP contribution in [0.2, 0.25) is 0 Å². The fraction of sp³-hybridized carbons (Fsp3) is 0.280. The molecule has 0 radical (unpaired) electrons. The second kappa shape index (κ2) is 10.2. The van der Waals surface area contributed by atoms with Crippen molar-refractivity contribution in [3.8, 4) is 5.75 Å². The first kappa shape index (κ1) is 22.4. The number of piperidine rings is 1. The number of rotatable bonds is 6. The van der Waals surface area contributed by atoms with E-state index in [-0.39, 0.29) is 24.2 Å². The van der Waals surface area contributed by atoms with Crippen LogP contribution in [0.1, 0.15) is 47.2 Å². The van der Waals surface area contributed by atoms with Crippen molar-refractivity contribution in [2.24, 2.45) is 0 Å². The Labute approximate surface area is 191 Å². The number of ether oxygens (including phenoxy) is 1. The van der Waals surface area contributed by atoms with Crippen LogP contribution in [0.3, 0.4) is 0 Å². The van der Waals surface area contributed by atoms with Crippen LogP contribution in [0.15, 0.2) is 60.8 Å². The molecule has 0 bridgehead atoms. The number of anilines is 1. The van der Waals surface area contributed by atoms with Gasteiger partial charge in [-0.15, -0.1) is 0 Å². The number of para-hydroxylation sites is 2. The number of nitrogens with one attached hydrogen (secondary N) is 1. The Balaban J connectivity index is 1.56. The van der Waals surface area contributed by atoms with Gasteiger partial charge in [0.25, 0.3) is 11.8 Å². The highest BCUT2D eigenvalue weighted by Crippen LogP contribution is 2.32. The number of aromatic nitrogens is 2. The lowest BCUT2D eigenvalue weighted by Gasteiger charge is -2.36. The maximum Gasteiger partial charge on any atom is 0.261 e. The van der Waals surface area contributed by atoms with Crippen molar-refractivity contribution in [3.05, 3.63) is 83.7 Å². The van der Waals surface area contributed by atoms with Crippen LogP contribution < -0.4 is 10.1 Å². The van der Waals surface area contributed by atoms with Gasteiger partial charge in [-0.25, -0.2) is 14.4 Å². The van der Waals surface area contributed by atoms with E-state index in [0.29, 0.717) is 35.7 Å². The number of aryl methyl sites for hydroxylation is 1. The van der Waals surface area contributed by atoms with Gasteiger partial charge in [0, 0.05) is 18.4 Å². The second-order valence-corrected chi connectivity index (χ2v) is 7.85. The summed E-state index contributed by atoms with van der Waals surface area (Å²) in [5, 5.41) is 2.87. The highest BCUT2D eigenvalue weighted by molar-refractivity contribution is 6.05. The summed E-state index contributed by atoms with van der Waals surface area (Å²) in [6.45, 7) is 1.96. The summed E-state index contributed by atoms with van der Waals surface area (Å²) in [5.41, 5.74) is 1.49. The summed E-state index contributed by atoms with van der Waals surface area (Å²) in [5.74, 6) is -0.598. The summed E-state index contributed by atoms with van der Waals surface area (Å²) in [7, 11) is 0. The van der Waals surface area contributed by atoms with Crippen molar-refractivity contribution < 1.29 is 18.7 Å². The molecule has 1 atom stereocenters. The smallest absolute Gasteiger partial charge is 0.261 e. The van der Waals surface area contributed by atoms with Gasteiger partial charge in [-0.2, -0.15) is 0 Å². The molecule has 170 valence electrons. The third kappa shape index (κ3) is 5.34. The summed E-state index contributed by atoms with van der Waals surface area (Å²) >= 11 is 0. The van der Waals surface area contributed by atoms with Crippen molar-refractivity contribution in [2.45, 2.75) is 32.2 Å². The predicted molar refractivity (Wildman–Crippen MR) is 121 cm³/mol. The third-order valence-electron chi connectivity index (χ3n) is 5.54. The third-order valence-corrected chi connectivity index (χ3v) is 5.54. The van der Waals surface area contributed by atoms with Crippen molar-refractivity contribution in [3.63, 3.8) is 0 Å². The van der Waals surface area contributed by atoms with Gasteiger partial charge in [0.15, 0.2) is 18.2 Å². The Kier molecular flexibility index (Phi) is 6.92. The number of hydrogen-bond donors (Lipinski definition) is 1. The second-order valence-electron chi connectivity index (χ2n) is 7.85. The molecule has 33 heavy (non-hydrogen) atoms. The molecule has 0 aliphatic carbocycles. The lowest BCUT2D eigenvalue weighted by Crippen LogP contribution is -2.42. The Hall–Kier alpha value is -3.81. The van der Waals surface area contributed by atoms with Crippen molar-refractivity contribution >= 4 is 17.5 Å². The van der Waals surface area contributed by atoms with Crippen LogP contribution in [0.25, 0.3) is 0 Å². The first-order valence-electron chi connectivity index (χ1n) is 10.9. The molecule has 4 rings (SSSR count). The van der Waals surface area contributed by atoms with Gasteiger partial charge in [-0.1, -0.05) is 30.3 Å². The van der Waals surface area contributed by atoms with E-state index in [4.69, 9.17) is 4.74 Å². The molecule has 0 unspecified atom stereocenters. The first-order valence-corrected chi connectivity index (χ1v) is 10.9. The van der Waals surface area contributed by atoms with Gasteiger partial charge < -0.3 is 15.0 Å². The highest BCUT2D eigenvalue weighted by atomic mass is 19.1. The van der Waals surface area contributed by atoms with Gasteiger partial charge in [0.1, 0.15) is 5.82 Å². The molecular formula is C25H25FN4O3. The lowest BCUT2D eigenvalue weighted by atomic mass is 9.96. The molecule has 3 aromatic rings. The normalized spacial score (nSPS) is 15.7. The number of carbonyl (C=O) groups is 2. The topological polar surface area (TPSA) is 84.4 Å². The van der Waals surface area contributed by atoms with E-state index in [0.717, 1.165) is 12.8 Å². The molecule has 1 aliphatic heterocycles. The summed E-state index contributed by atoms with van der Waals surface area (Å²) in [6, 6.07) is 14.7. The average molecular weight is 448 g/mol. The zero-order chi connectivity index (χ0) is 23.2. The number of likely N-dealkylation sites (tertiary alicyclic amines) is 1. The molecule has 1 aromatic heterocycles. The van der Waals surface area contributed by atoms with E-state index in [2.05, 4.69) is 15.3 Å². The van der Waals surface area contributed by atoms with E-state index in [1.54, 1.807) is 36.1 Å². The molecule has 2 aromatic carbocycles. The Morgan fingerprint density at radius 1 is 1.12 bits per heavy atom. The maximum absolute atomic E-state index is 13.9. The van der Waals surface area contributed by atoms with E-state index in [9.17, 15) is 14.0 Å². The van der Waals surface area contributed by atoms with Crippen LogP contribution in [-0.4, -0.2) is 39.8 Å². The molecule has 1 fully saturated rings. The van der Waals surface area contributed by atoms with E-state index in [1.165, 1.54) is 18.3 Å². The van der Waals surface area contributed by atoms with Crippen molar-refractivity contribution in [1.29, 1.82) is 0 Å². The summed E-state index contributed by atoms with van der Waals surface area (Å²) < 4.78 is 19.3. The minimum Gasteiger partial charge on any atom is -0.481 e. The number of amides is 2. The van der Waals surface area contributed by atoms with Crippen LogP contribution in [0.5, 0.6) is 5.75 Å². The van der Waals surface area contributed by atoms with E-state index >= 15 is 0 Å². The number of benzene rings is 2. The first-order chi connectivity index (χ1) is 16.0. The standard InChI is InChI=1S/C25H25FN4O3/c1-17-27-15-19(25(32)29-18-9-3-2-4-10-18)24(28-17)21-12-7-8-14-30(21)23(31)16-33-22-13-6-5-11-20(22)26/h2-6,9-11,13,15,21H,7-8,12,14,16H2,1H3,(H,29,32)/t21-/m1/s1. The zero-order valence-corrected chi connectivity index (χ0v) is 18.3. The highest BCUT2D eigenvalue weighted by Gasteiger charge is 2.32. The molecule has 1 aliphatic rings. The zero-order valence-electron chi connectivity index (χ0n) is 18.3. The average Bonchev–Trinajstić information content (AvgIpc) is 2.84. The van der Waals surface area contributed by atoms with Crippen LogP contribution in [0, 0.1) is 12.7 Å². The molecule has 8 heteroatoms.